The molecule has 0 aliphatic rings. The molecule has 0 fully saturated rings. The molecule has 0 bridgehead atoms. The van der Waals surface area contributed by atoms with E-state index in [1.165, 1.54) is 0 Å². The fraction of sp³-hybridized carbons (Fsp3) is 0.444. The van der Waals surface area contributed by atoms with Crippen LogP contribution in [0, 0.1) is 0 Å². The predicted octanol–water partition coefficient (Wildman–Crippen LogP) is 1.39. The smallest absolute Gasteiger partial charge is 0.168 e. The lowest BCUT2D eigenvalue weighted by Crippen LogP contribution is -2.06. The van der Waals surface area contributed by atoms with Gasteiger partial charge in [-0.1, -0.05) is 6.92 Å². The number of hydrogen-bond acceptors (Lipinski definition) is 4. The van der Waals surface area contributed by atoms with Gasteiger partial charge in [-0.2, -0.15) is 0 Å². The Labute approximate surface area is 77.0 Å². The predicted molar refractivity (Wildman–Crippen MR) is 47.5 cm³/mol. The van der Waals surface area contributed by atoms with Gasteiger partial charge in [-0.05, 0) is 12.5 Å². The Bertz CT molecular complexity index is 285. The average Bonchev–Trinajstić information content (AvgIpc) is 2.20. The third-order valence-corrected chi connectivity index (χ3v) is 1.76. The van der Waals surface area contributed by atoms with Gasteiger partial charge >= 0.3 is 0 Å². The molecule has 0 N–H and O–H groups in total. The molecule has 4 heteroatoms. The average molecular weight is 180 g/mol. The van der Waals surface area contributed by atoms with Gasteiger partial charge < -0.3 is 4.74 Å². The zero-order valence-electron chi connectivity index (χ0n) is 7.73. The lowest BCUT2D eigenvalue weighted by Gasteiger charge is -2.10. The largest absolute Gasteiger partial charge is 0.373 e. The van der Waals surface area contributed by atoms with E-state index >= 15 is 0 Å². The van der Waals surface area contributed by atoms with Crippen LogP contribution < -0.4 is 0 Å². The van der Waals surface area contributed by atoms with Crippen molar-refractivity contribution >= 4 is 6.29 Å². The minimum absolute atomic E-state index is 0.125. The van der Waals surface area contributed by atoms with E-state index in [0.29, 0.717) is 17.8 Å². The summed E-state index contributed by atoms with van der Waals surface area (Å²) < 4.78 is 5.14. The summed E-state index contributed by atoms with van der Waals surface area (Å²) in [4.78, 5) is 18.5. The van der Waals surface area contributed by atoms with E-state index < -0.39 is 0 Å². The summed E-state index contributed by atoms with van der Waals surface area (Å²) in [6.45, 7) is 1.98. The van der Waals surface area contributed by atoms with Crippen LogP contribution in [0.15, 0.2) is 12.3 Å². The van der Waals surface area contributed by atoms with Crippen molar-refractivity contribution in [1.29, 1.82) is 0 Å². The van der Waals surface area contributed by atoms with Gasteiger partial charge in [0.1, 0.15) is 11.8 Å². The molecule has 0 radical (unpaired) electrons. The molecule has 70 valence electrons. The van der Waals surface area contributed by atoms with Crippen LogP contribution in [0.3, 0.4) is 0 Å². The molecule has 1 atom stereocenters. The normalized spacial score (nSPS) is 12.5. The maximum absolute atomic E-state index is 10.4. The second-order valence-electron chi connectivity index (χ2n) is 2.59. The molecular weight excluding hydrogens is 168 g/mol. The molecule has 0 amide bonds. The first-order valence-electron chi connectivity index (χ1n) is 4.12. The third-order valence-electron chi connectivity index (χ3n) is 1.76. The number of rotatable bonds is 4. The van der Waals surface area contributed by atoms with Gasteiger partial charge in [0.05, 0.1) is 0 Å². The van der Waals surface area contributed by atoms with Crippen LogP contribution in [0.2, 0.25) is 0 Å². The zero-order chi connectivity index (χ0) is 9.68. The van der Waals surface area contributed by atoms with Gasteiger partial charge in [0.15, 0.2) is 12.1 Å². The van der Waals surface area contributed by atoms with E-state index in [1.807, 2.05) is 6.92 Å². The molecule has 0 spiro atoms. The number of methoxy groups -OCH3 is 1. The second kappa shape index (κ2) is 4.67. The van der Waals surface area contributed by atoms with E-state index in [0.717, 1.165) is 6.42 Å². The van der Waals surface area contributed by atoms with Crippen molar-refractivity contribution in [3.8, 4) is 0 Å². The van der Waals surface area contributed by atoms with Gasteiger partial charge in [0.2, 0.25) is 0 Å². The highest BCUT2D eigenvalue weighted by Crippen LogP contribution is 2.14. The molecule has 1 aromatic heterocycles. The van der Waals surface area contributed by atoms with Crippen molar-refractivity contribution in [3.05, 3.63) is 23.8 Å². The minimum Gasteiger partial charge on any atom is -0.373 e. The summed E-state index contributed by atoms with van der Waals surface area (Å²) in [6.07, 6.45) is 2.93. The van der Waals surface area contributed by atoms with Crippen LogP contribution >= 0.6 is 0 Å². The Kier molecular flexibility index (Phi) is 3.52. The molecule has 0 aromatic carbocycles. The van der Waals surface area contributed by atoms with Crippen molar-refractivity contribution in [2.75, 3.05) is 7.11 Å². The SMILES string of the molecule is CCC(OC)c1nccc(C=O)n1. The molecule has 0 aliphatic carbocycles. The summed E-state index contributed by atoms with van der Waals surface area (Å²) in [5.74, 6) is 0.564. The van der Waals surface area contributed by atoms with Crippen molar-refractivity contribution in [2.45, 2.75) is 19.4 Å². The van der Waals surface area contributed by atoms with Crippen molar-refractivity contribution in [2.24, 2.45) is 0 Å². The maximum atomic E-state index is 10.4. The fourth-order valence-electron chi connectivity index (χ4n) is 1.06. The van der Waals surface area contributed by atoms with Crippen molar-refractivity contribution in [3.63, 3.8) is 0 Å². The minimum atomic E-state index is -0.125. The summed E-state index contributed by atoms with van der Waals surface area (Å²) in [5.41, 5.74) is 0.389. The van der Waals surface area contributed by atoms with Crippen LogP contribution in [-0.4, -0.2) is 23.4 Å². The highest BCUT2D eigenvalue weighted by Gasteiger charge is 2.10. The standard InChI is InChI=1S/C9H12N2O2/c1-3-8(13-2)9-10-5-4-7(6-12)11-9/h4-6,8H,3H2,1-2H3. The molecule has 4 nitrogen and oxygen atoms in total. The van der Waals surface area contributed by atoms with Crippen molar-refractivity contribution in [1.82, 2.24) is 9.97 Å². The van der Waals surface area contributed by atoms with Gasteiger partial charge in [-0.25, -0.2) is 9.97 Å². The molecule has 0 aliphatic heterocycles. The first-order valence-corrected chi connectivity index (χ1v) is 4.12. The third kappa shape index (κ3) is 2.32. The Morgan fingerprint density at radius 3 is 3.00 bits per heavy atom. The van der Waals surface area contributed by atoms with Gasteiger partial charge in [-0.3, -0.25) is 4.79 Å². The quantitative estimate of drug-likeness (QED) is 0.657. The number of carbonyl (C=O) groups excluding carboxylic acids is 1. The van der Waals surface area contributed by atoms with Crippen LogP contribution in [-0.2, 0) is 4.74 Å². The number of carbonyl (C=O) groups is 1. The van der Waals surface area contributed by atoms with E-state index in [2.05, 4.69) is 9.97 Å². The molecule has 1 unspecified atom stereocenters. The van der Waals surface area contributed by atoms with Gasteiger partial charge in [0, 0.05) is 13.3 Å². The fourth-order valence-corrected chi connectivity index (χ4v) is 1.06. The highest BCUT2D eigenvalue weighted by molar-refractivity contribution is 5.71. The Hall–Kier alpha value is -1.29. The van der Waals surface area contributed by atoms with E-state index in [-0.39, 0.29) is 6.10 Å². The zero-order valence-corrected chi connectivity index (χ0v) is 7.73. The first-order chi connectivity index (χ1) is 6.31. The molecule has 13 heavy (non-hydrogen) atoms. The molecular formula is C9H12N2O2. The Morgan fingerprint density at radius 2 is 2.46 bits per heavy atom. The lowest BCUT2D eigenvalue weighted by molar-refractivity contribution is 0.0921. The van der Waals surface area contributed by atoms with E-state index in [4.69, 9.17) is 4.74 Å². The molecule has 1 rings (SSSR count). The summed E-state index contributed by atoms with van der Waals surface area (Å²) in [6, 6.07) is 1.57. The topological polar surface area (TPSA) is 52.1 Å². The van der Waals surface area contributed by atoms with E-state index in [9.17, 15) is 4.79 Å². The Balaban J connectivity index is 2.92. The number of ether oxygens (including phenoxy) is 1. The summed E-state index contributed by atoms with van der Waals surface area (Å²) in [5, 5.41) is 0. The summed E-state index contributed by atoms with van der Waals surface area (Å²) in [7, 11) is 1.60. The molecule has 0 saturated carbocycles. The Morgan fingerprint density at radius 1 is 1.69 bits per heavy atom. The van der Waals surface area contributed by atoms with Crippen LogP contribution in [0.5, 0.6) is 0 Å². The van der Waals surface area contributed by atoms with Gasteiger partial charge in [-0.15, -0.1) is 0 Å². The monoisotopic (exact) mass is 180 g/mol. The molecule has 1 heterocycles. The molecule has 0 saturated heterocycles. The number of aromatic nitrogens is 2. The lowest BCUT2D eigenvalue weighted by atomic mass is 10.2. The second-order valence-corrected chi connectivity index (χ2v) is 2.59. The number of nitrogens with zero attached hydrogens (tertiary/aromatic N) is 2. The van der Waals surface area contributed by atoms with Crippen molar-refractivity contribution < 1.29 is 9.53 Å². The summed E-state index contributed by atoms with van der Waals surface area (Å²) >= 11 is 0. The number of hydrogen-bond donors (Lipinski definition) is 0. The van der Waals surface area contributed by atoms with Gasteiger partial charge in [0.25, 0.3) is 0 Å². The van der Waals surface area contributed by atoms with Crippen LogP contribution in [0.25, 0.3) is 0 Å². The van der Waals surface area contributed by atoms with Crippen LogP contribution in [0.1, 0.15) is 35.8 Å². The highest BCUT2D eigenvalue weighted by atomic mass is 16.5. The first kappa shape index (κ1) is 9.80. The van der Waals surface area contributed by atoms with E-state index in [1.54, 1.807) is 19.4 Å². The maximum Gasteiger partial charge on any atom is 0.168 e. The van der Waals surface area contributed by atoms with Crippen LogP contribution in [0.4, 0.5) is 0 Å². The molecule has 1 aromatic rings. The number of aldehydes is 1.